The number of hydrogen-bond acceptors (Lipinski definition) is 9. The maximum Gasteiger partial charge on any atom is 0.257 e. The minimum atomic E-state index is -0.466. The minimum absolute atomic E-state index is 0.0703. The number of benzene rings is 1. The van der Waals surface area contributed by atoms with Gasteiger partial charge in [-0.2, -0.15) is 9.97 Å². The number of aromatic amines is 1. The van der Waals surface area contributed by atoms with Crippen molar-refractivity contribution in [3.05, 3.63) is 30.6 Å². The van der Waals surface area contributed by atoms with Crippen LogP contribution in [0.2, 0.25) is 0 Å². The molecular weight excluding hydrogens is 424 g/mol. The average Bonchev–Trinajstić information content (AvgIpc) is 3.32. The van der Waals surface area contributed by atoms with Gasteiger partial charge in [0, 0.05) is 11.7 Å². The van der Waals surface area contributed by atoms with Crippen molar-refractivity contribution in [2.45, 2.75) is 44.6 Å². The number of anilines is 3. The quantitative estimate of drug-likeness (QED) is 0.146. The molecule has 1 fully saturated rings. The normalized spacial score (nSPS) is 14.2. The van der Waals surface area contributed by atoms with E-state index in [0.717, 1.165) is 42.0 Å². The smallest absolute Gasteiger partial charge is 0.257 e. The Morgan fingerprint density at radius 2 is 1.97 bits per heavy atom. The largest absolute Gasteiger partial charge is 0.494 e. The van der Waals surface area contributed by atoms with Crippen molar-refractivity contribution in [2.75, 3.05) is 30.3 Å². The molecule has 0 bridgehead atoms. The summed E-state index contributed by atoms with van der Waals surface area (Å²) in [6.45, 7) is 1.19. The first-order valence-corrected chi connectivity index (χ1v) is 11.3. The van der Waals surface area contributed by atoms with Crippen LogP contribution < -0.4 is 26.2 Å². The van der Waals surface area contributed by atoms with Crippen LogP contribution in [0, 0.1) is 0 Å². The molecule has 11 nitrogen and oxygen atoms in total. The van der Waals surface area contributed by atoms with Crippen molar-refractivity contribution in [3.63, 3.8) is 0 Å². The number of hydrogen-bond donors (Lipinski definition) is 6. The van der Waals surface area contributed by atoms with E-state index in [9.17, 15) is 4.79 Å². The lowest BCUT2D eigenvalue weighted by Crippen LogP contribution is -2.32. The van der Waals surface area contributed by atoms with E-state index in [1.165, 1.54) is 19.3 Å². The number of hydroxylamine groups is 1. The van der Waals surface area contributed by atoms with E-state index in [4.69, 9.17) is 14.9 Å². The summed E-state index contributed by atoms with van der Waals surface area (Å²) in [5.41, 5.74) is 3.86. The van der Waals surface area contributed by atoms with E-state index in [2.05, 4.69) is 30.9 Å². The molecule has 4 rings (SSSR count). The van der Waals surface area contributed by atoms with Crippen molar-refractivity contribution >= 4 is 34.5 Å². The molecule has 0 saturated heterocycles. The van der Waals surface area contributed by atoms with Crippen molar-refractivity contribution in [1.29, 1.82) is 0 Å². The van der Waals surface area contributed by atoms with E-state index in [-0.39, 0.29) is 6.54 Å². The second-order valence-corrected chi connectivity index (χ2v) is 8.04. The van der Waals surface area contributed by atoms with Crippen LogP contribution in [0.4, 0.5) is 17.5 Å². The number of carbonyl (C=O) groups is 1. The lowest BCUT2D eigenvalue weighted by atomic mass is 9.95. The standard InChI is InChI=1S/C22H30N8O3/c31-18(30-32)13-23-11-4-12-33-17-9-7-16(8-10-17)27-22-28-20-19(24-14-25-20)21(29-22)26-15-5-2-1-3-6-15/h7-10,14-15,23,32H,1-6,11-13H2,(H,30,31)(H3,24,25,26,27,28,29). The fourth-order valence-corrected chi connectivity index (χ4v) is 3.83. The van der Waals surface area contributed by atoms with E-state index in [1.807, 2.05) is 24.3 Å². The topological polar surface area (TPSA) is 149 Å². The van der Waals surface area contributed by atoms with Gasteiger partial charge in [0.05, 0.1) is 19.5 Å². The molecule has 2 heterocycles. The Hall–Kier alpha value is -3.44. The summed E-state index contributed by atoms with van der Waals surface area (Å²) in [4.78, 5) is 27.6. The van der Waals surface area contributed by atoms with Crippen molar-refractivity contribution in [2.24, 2.45) is 0 Å². The van der Waals surface area contributed by atoms with Gasteiger partial charge >= 0.3 is 0 Å². The number of fused-ring (bicyclic) bond motifs is 1. The molecule has 1 saturated carbocycles. The number of carbonyl (C=O) groups excluding carboxylic acids is 1. The zero-order chi connectivity index (χ0) is 22.9. The van der Waals surface area contributed by atoms with Gasteiger partial charge in [0.1, 0.15) is 11.3 Å². The Morgan fingerprint density at radius 1 is 1.15 bits per heavy atom. The fourth-order valence-electron chi connectivity index (χ4n) is 3.83. The molecule has 11 heteroatoms. The molecule has 0 radical (unpaired) electrons. The molecule has 1 aromatic carbocycles. The van der Waals surface area contributed by atoms with Crippen LogP contribution >= 0.6 is 0 Å². The molecule has 0 unspecified atom stereocenters. The number of nitrogens with zero attached hydrogens (tertiary/aromatic N) is 3. The first kappa shape index (κ1) is 22.7. The highest BCUT2D eigenvalue weighted by Crippen LogP contribution is 2.26. The van der Waals surface area contributed by atoms with Gasteiger partial charge in [0.15, 0.2) is 11.5 Å². The third kappa shape index (κ3) is 6.53. The van der Waals surface area contributed by atoms with Gasteiger partial charge in [-0.3, -0.25) is 10.0 Å². The summed E-state index contributed by atoms with van der Waals surface area (Å²) in [6, 6.07) is 8.00. The predicted molar refractivity (Wildman–Crippen MR) is 125 cm³/mol. The number of aromatic nitrogens is 4. The summed E-state index contributed by atoms with van der Waals surface area (Å²) < 4.78 is 5.72. The molecule has 1 aliphatic carbocycles. The molecule has 6 N–H and O–H groups in total. The molecule has 2 aromatic heterocycles. The van der Waals surface area contributed by atoms with Crippen LogP contribution in [0.25, 0.3) is 11.2 Å². The molecule has 0 spiro atoms. The van der Waals surface area contributed by atoms with E-state index < -0.39 is 5.91 Å². The molecule has 0 atom stereocenters. The summed E-state index contributed by atoms with van der Waals surface area (Å²) in [6.07, 6.45) is 8.45. The molecule has 176 valence electrons. The minimum Gasteiger partial charge on any atom is -0.494 e. The van der Waals surface area contributed by atoms with Gasteiger partial charge in [-0.05, 0) is 50.1 Å². The van der Waals surface area contributed by atoms with Crippen LogP contribution in [0.1, 0.15) is 38.5 Å². The third-order valence-electron chi connectivity index (χ3n) is 5.52. The number of nitrogens with one attached hydrogen (secondary N) is 5. The lowest BCUT2D eigenvalue weighted by Gasteiger charge is -2.23. The first-order chi connectivity index (χ1) is 16.2. The maximum atomic E-state index is 10.9. The van der Waals surface area contributed by atoms with Gasteiger partial charge in [-0.25, -0.2) is 10.5 Å². The molecule has 1 aliphatic rings. The first-order valence-electron chi connectivity index (χ1n) is 11.3. The Balaban J connectivity index is 1.31. The Kier molecular flexibility index (Phi) is 7.88. The number of amides is 1. The van der Waals surface area contributed by atoms with E-state index in [1.54, 1.807) is 11.8 Å². The summed E-state index contributed by atoms with van der Waals surface area (Å²) in [5.74, 6) is 1.54. The number of imidazole rings is 1. The van der Waals surface area contributed by atoms with Crippen molar-refractivity contribution < 1.29 is 14.7 Å². The summed E-state index contributed by atoms with van der Waals surface area (Å²) in [5, 5.41) is 18.2. The molecule has 3 aromatic rings. The summed E-state index contributed by atoms with van der Waals surface area (Å²) in [7, 11) is 0. The highest BCUT2D eigenvalue weighted by Gasteiger charge is 2.17. The van der Waals surface area contributed by atoms with Crippen LogP contribution in [-0.4, -0.2) is 56.8 Å². The van der Waals surface area contributed by atoms with Crippen molar-refractivity contribution in [3.8, 4) is 5.75 Å². The van der Waals surface area contributed by atoms with Gasteiger partial charge < -0.3 is 25.7 Å². The second kappa shape index (κ2) is 11.4. The monoisotopic (exact) mass is 454 g/mol. The van der Waals surface area contributed by atoms with Crippen LogP contribution in [0.15, 0.2) is 30.6 Å². The SMILES string of the molecule is O=C(CNCCCOc1ccc(Nc2nc(NC3CCCCC3)c3[nH]cnc3n2)cc1)NO. The molecule has 33 heavy (non-hydrogen) atoms. The van der Waals surface area contributed by atoms with E-state index in [0.29, 0.717) is 30.8 Å². The molecular formula is C22H30N8O3. The Morgan fingerprint density at radius 3 is 2.76 bits per heavy atom. The predicted octanol–water partition coefficient (Wildman–Crippen LogP) is 2.70. The van der Waals surface area contributed by atoms with Gasteiger partial charge in [-0.15, -0.1) is 0 Å². The fraction of sp³-hybridized carbons (Fsp3) is 0.455. The zero-order valence-electron chi connectivity index (χ0n) is 18.4. The highest BCUT2D eigenvalue weighted by molar-refractivity contribution is 5.84. The maximum absolute atomic E-state index is 10.9. The zero-order valence-corrected chi connectivity index (χ0v) is 18.4. The van der Waals surface area contributed by atoms with Crippen molar-refractivity contribution in [1.82, 2.24) is 30.7 Å². The second-order valence-electron chi connectivity index (χ2n) is 8.04. The average molecular weight is 455 g/mol. The molecule has 1 amide bonds. The number of ether oxygens (including phenoxy) is 1. The summed E-state index contributed by atoms with van der Waals surface area (Å²) >= 11 is 0. The number of H-pyrrole nitrogens is 1. The van der Waals surface area contributed by atoms with Gasteiger partial charge in [-0.1, -0.05) is 19.3 Å². The van der Waals surface area contributed by atoms with E-state index >= 15 is 0 Å². The highest BCUT2D eigenvalue weighted by atomic mass is 16.5. The van der Waals surface area contributed by atoms with Crippen LogP contribution in [-0.2, 0) is 4.79 Å². The third-order valence-corrected chi connectivity index (χ3v) is 5.52. The van der Waals surface area contributed by atoms with Crippen LogP contribution in [0.5, 0.6) is 5.75 Å². The van der Waals surface area contributed by atoms with Crippen LogP contribution in [0.3, 0.4) is 0 Å². The van der Waals surface area contributed by atoms with Gasteiger partial charge in [0.25, 0.3) is 5.91 Å². The Bertz CT molecular complexity index is 1030. The molecule has 0 aliphatic heterocycles. The lowest BCUT2D eigenvalue weighted by molar-refractivity contribution is -0.128. The number of rotatable bonds is 11. The Labute approximate surface area is 191 Å². The van der Waals surface area contributed by atoms with Gasteiger partial charge in [0.2, 0.25) is 5.95 Å².